The largest absolute Gasteiger partial charge is 0.457 e. The van der Waals surface area contributed by atoms with Crippen molar-refractivity contribution >= 4 is 20.2 Å². The van der Waals surface area contributed by atoms with E-state index in [0.717, 1.165) is 0 Å². The Labute approximate surface area is 223 Å². The fraction of sp³-hybridized carbons (Fsp3) is 0.571. The first-order chi connectivity index (χ1) is 16.4. The Hall–Kier alpha value is -1.94. The number of hydrogen-bond donors (Lipinski definition) is 2. The highest BCUT2D eigenvalue weighted by molar-refractivity contribution is 7.86. The van der Waals surface area contributed by atoms with E-state index in [4.69, 9.17) is 4.74 Å². The fourth-order valence-electron chi connectivity index (χ4n) is 5.90. The molecule has 0 radical (unpaired) electrons. The van der Waals surface area contributed by atoms with E-state index in [1.54, 1.807) is 12.1 Å². The van der Waals surface area contributed by atoms with Gasteiger partial charge in [-0.15, -0.1) is 0 Å². The highest BCUT2D eigenvalue weighted by atomic mass is 32.2. The SMILES string of the molecule is CC(C)(C)CC(C)(C)c1c(Oc2cccc(S(=O)(=O)O)c2C(C)(C)CC(C)(C)C)cccc1S(=O)(=O)O. The summed E-state index contributed by atoms with van der Waals surface area (Å²) < 4.78 is 76.2. The average molecular weight is 555 g/mol. The highest BCUT2D eigenvalue weighted by Gasteiger charge is 2.38. The van der Waals surface area contributed by atoms with Crippen LogP contribution in [0.4, 0.5) is 0 Å². The van der Waals surface area contributed by atoms with Gasteiger partial charge in [0.25, 0.3) is 20.2 Å². The van der Waals surface area contributed by atoms with Crippen LogP contribution in [0, 0.1) is 10.8 Å². The van der Waals surface area contributed by atoms with Crippen LogP contribution in [0.25, 0.3) is 0 Å². The molecule has 2 N–H and O–H groups in total. The van der Waals surface area contributed by atoms with Crippen molar-refractivity contribution in [3.63, 3.8) is 0 Å². The molecule has 0 saturated carbocycles. The number of benzene rings is 2. The summed E-state index contributed by atoms with van der Waals surface area (Å²) in [7, 11) is -9.19. The van der Waals surface area contributed by atoms with E-state index in [0.29, 0.717) is 24.0 Å². The van der Waals surface area contributed by atoms with Gasteiger partial charge in [-0.3, -0.25) is 9.11 Å². The third-order valence-electron chi connectivity index (χ3n) is 6.05. The van der Waals surface area contributed by atoms with Gasteiger partial charge in [-0.2, -0.15) is 16.8 Å². The lowest BCUT2D eigenvalue weighted by atomic mass is 9.71. The van der Waals surface area contributed by atoms with Crippen LogP contribution >= 0.6 is 0 Å². The smallest absolute Gasteiger partial charge is 0.294 e. The first-order valence-corrected chi connectivity index (χ1v) is 15.1. The molecule has 208 valence electrons. The Morgan fingerprint density at radius 3 is 1.14 bits per heavy atom. The van der Waals surface area contributed by atoms with Crippen LogP contribution in [0.3, 0.4) is 0 Å². The monoisotopic (exact) mass is 554 g/mol. The summed E-state index contributed by atoms with van der Waals surface area (Å²) in [5, 5.41) is 0. The van der Waals surface area contributed by atoms with Gasteiger partial charge >= 0.3 is 0 Å². The summed E-state index contributed by atoms with van der Waals surface area (Å²) >= 11 is 0. The Morgan fingerprint density at radius 1 is 0.595 bits per heavy atom. The van der Waals surface area contributed by atoms with Crippen molar-refractivity contribution < 1.29 is 30.7 Å². The van der Waals surface area contributed by atoms with Gasteiger partial charge in [-0.25, -0.2) is 0 Å². The number of ether oxygens (including phenoxy) is 1. The molecule has 0 atom stereocenters. The Kier molecular flexibility index (Phi) is 8.44. The fourth-order valence-corrected chi connectivity index (χ4v) is 7.67. The molecule has 0 unspecified atom stereocenters. The zero-order chi connectivity index (χ0) is 28.8. The van der Waals surface area contributed by atoms with Gasteiger partial charge in [0.15, 0.2) is 0 Å². The molecular formula is C28H42O7S2. The summed E-state index contributed by atoms with van der Waals surface area (Å²) in [6.45, 7) is 19.7. The second kappa shape index (κ2) is 9.98. The molecule has 2 aromatic carbocycles. The second-order valence-corrected chi connectivity index (χ2v) is 16.3. The van der Waals surface area contributed by atoms with E-state index in [2.05, 4.69) is 0 Å². The maximum absolute atomic E-state index is 12.4. The van der Waals surface area contributed by atoms with Gasteiger partial charge < -0.3 is 4.74 Å². The zero-order valence-corrected chi connectivity index (χ0v) is 25.3. The van der Waals surface area contributed by atoms with Gasteiger partial charge in [0, 0.05) is 11.1 Å². The maximum Gasteiger partial charge on any atom is 0.294 e. The van der Waals surface area contributed by atoms with Gasteiger partial charge in [-0.1, -0.05) is 81.4 Å². The van der Waals surface area contributed by atoms with Crippen LogP contribution in [0.15, 0.2) is 46.2 Å². The van der Waals surface area contributed by atoms with E-state index in [-0.39, 0.29) is 32.1 Å². The molecule has 0 aliphatic rings. The van der Waals surface area contributed by atoms with Crippen molar-refractivity contribution in [3.8, 4) is 11.5 Å². The molecule has 0 amide bonds. The predicted molar refractivity (Wildman–Crippen MR) is 147 cm³/mol. The Morgan fingerprint density at radius 2 is 0.892 bits per heavy atom. The molecular weight excluding hydrogens is 512 g/mol. The van der Waals surface area contributed by atoms with Crippen molar-refractivity contribution in [1.82, 2.24) is 0 Å². The van der Waals surface area contributed by atoms with Crippen LogP contribution in [0.5, 0.6) is 11.5 Å². The molecule has 0 fully saturated rings. The first kappa shape index (κ1) is 31.3. The molecule has 2 rings (SSSR count). The maximum atomic E-state index is 12.4. The number of rotatable bonds is 8. The van der Waals surface area contributed by atoms with E-state index in [1.807, 2.05) is 69.2 Å². The molecule has 0 aliphatic carbocycles. The highest BCUT2D eigenvalue weighted by Crippen LogP contribution is 2.48. The van der Waals surface area contributed by atoms with Gasteiger partial charge in [0.05, 0.1) is 0 Å². The minimum Gasteiger partial charge on any atom is -0.457 e. The topological polar surface area (TPSA) is 118 Å². The molecule has 0 spiro atoms. The standard InChI is InChI=1S/C28H42O7S2/c1-25(2,3)17-27(7,8)23-19(13-11-15-21(23)36(29,30)31)35-20-14-12-16-22(37(32,33)34)24(20)28(9,10)18-26(4,5)6/h11-16H,17-18H2,1-10H3,(H,29,30,31)(H,32,33,34). The molecule has 0 heterocycles. The van der Waals surface area contributed by atoms with Gasteiger partial charge in [-0.05, 0) is 58.8 Å². The first-order valence-electron chi connectivity index (χ1n) is 12.3. The third kappa shape index (κ3) is 8.02. The van der Waals surface area contributed by atoms with E-state index >= 15 is 0 Å². The summed E-state index contributed by atoms with van der Waals surface area (Å²) in [5.41, 5.74) is -1.27. The van der Waals surface area contributed by atoms with Crippen LogP contribution in [0.1, 0.15) is 93.2 Å². The molecule has 0 bridgehead atoms. The van der Waals surface area contributed by atoms with Crippen molar-refractivity contribution in [2.45, 2.75) is 103 Å². The summed E-state index contributed by atoms with van der Waals surface area (Å²) in [5.74, 6) is 0.370. The molecule has 37 heavy (non-hydrogen) atoms. The van der Waals surface area contributed by atoms with Crippen molar-refractivity contribution in [3.05, 3.63) is 47.5 Å². The van der Waals surface area contributed by atoms with Crippen molar-refractivity contribution in [2.75, 3.05) is 0 Å². The summed E-state index contributed by atoms with van der Waals surface area (Å²) in [6.07, 6.45) is 1.13. The normalized spacial score (nSPS) is 14.1. The van der Waals surface area contributed by atoms with Gasteiger partial charge in [0.1, 0.15) is 21.3 Å². The van der Waals surface area contributed by atoms with Crippen LogP contribution in [-0.2, 0) is 31.1 Å². The molecule has 0 aliphatic heterocycles. The lowest BCUT2D eigenvalue weighted by molar-refractivity contribution is 0.270. The summed E-state index contributed by atoms with van der Waals surface area (Å²) in [4.78, 5) is -0.527. The molecule has 0 aromatic heterocycles. The second-order valence-electron chi connectivity index (χ2n) is 13.6. The van der Waals surface area contributed by atoms with E-state index in [9.17, 15) is 25.9 Å². The van der Waals surface area contributed by atoms with Crippen LogP contribution < -0.4 is 4.74 Å². The quantitative estimate of drug-likeness (QED) is 0.326. The van der Waals surface area contributed by atoms with Crippen LogP contribution in [-0.4, -0.2) is 25.9 Å². The lowest BCUT2D eigenvalue weighted by Crippen LogP contribution is -2.28. The van der Waals surface area contributed by atoms with E-state index in [1.165, 1.54) is 24.3 Å². The van der Waals surface area contributed by atoms with E-state index < -0.39 is 31.1 Å². The van der Waals surface area contributed by atoms with Crippen molar-refractivity contribution in [1.29, 1.82) is 0 Å². The third-order valence-corrected chi connectivity index (χ3v) is 7.84. The molecule has 2 aromatic rings. The van der Waals surface area contributed by atoms with Gasteiger partial charge in [0.2, 0.25) is 0 Å². The average Bonchev–Trinajstić information content (AvgIpc) is 2.62. The minimum absolute atomic E-state index is 0.183. The lowest BCUT2D eigenvalue weighted by Gasteiger charge is -2.36. The Balaban J connectivity index is 2.92. The predicted octanol–water partition coefficient (Wildman–Crippen LogP) is 7.40. The number of hydrogen-bond acceptors (Lipinski definition) is 5. The minimum atomic E-state index is -4.60. The van der Waals surface area contributed by atoms with Crippen LogP contribution in [0.2, 0.25) is 0 Å². The molecule has 0 saturated heterocycles. The molecule has 9 heteroatoms. The van der Waals surface area contributed by atoms with Crippen molar-refractivity contribution in [2.24, 2.45) is 10.8 Å². The molecule has 7 nitrogen and oxygen atoms in total. The summed E-state index contributed by atoms with van der Waals surface area (Å²) in [6, 6.07) is 8.83. The zero-order valence-electron chi connectivity index (χ0n) is 23.6. The Bertz CT molecular complexity index is 1250.